The molecule has 4 aliphatic rings. The van der Waals surface area contributed by atoms with Crippen LogP contribution in [0.1, 0.15) is 12.8 Å². The second-order valence-electron chi connectivity index (χ2n) is 17.7. The lowest BCUT2D eigenvalue weighted by Gasteiger charge is -2.35. The first-order valence-electron chi connectivity index (χ1n) is 25.0. The van der Waals surface area contributed by atoms with E-state index in [0.717, 1.165) is 49.1 Å². The minimum Gasteiger partial charge on any atom is -0.478 e. The number of rotatable bonds is 16. The lowest BCUT2D eigenvalue weighted by Crippen LogP contribution is -2.45. The molecular weight excluding hydrogens is 1150 g/mol. The van der Waals surface area contributed by atoms with Crippen LogP contribution in [0.15, 0.2) is 153 Å². The smallest absolute Gasteiger partial charge is 0.328 e. The van der Waals surface area contributed by atoms with Crippen molar-refractivity contribution < 1.29 is 79.2 Å². The van der Waals surface area contributed by atoms with Crippen molar-refractivity contribution >= 4 is 117 Å². The van der Waals surface area contributed by atoms with E-state index in [2.05, 4.69) is 116 Å². The van der Waals surface area contributed by atoms with Gasteiger partial charge in [-0.3, -0.25) is 0 Å². The lowest BCUT2D eigenvalue weighted by molar-refractivity contribution is -0.134. The monoisotopic (exact) mass is 1210 g/mol. The molecule has 0 aromatic heterocycles. The Bertz CT molecular complexity index is 2620. The Kier molecular flexibility index (Phi) is 30.6. The number of carbonyl (C=O) groups is 8. The molecule has 0 saturated carbocycles. The molecule has 8 rings (SSSR count). The number of para-hydroxylation sites is 2. The van der Waals surface area contributed by atoms with E-state index in [1.807, 2.05) is 35.7 Å². The summed E-state index contributed by atoms with van der Waals surface area (Å²) in [6.45, 7) is 13.8. The Labute approximate surface area is 492 Å². The van der Waals surface area contributed by atoms with Crippen molar-refractivity contribution in [2.24, 2.45) is 0 Å². The van der Waals surface area contributed by atoms with Crippen LogP contribution in [0.4, 0.5) is 22.7 Å². The van der Waals surface area contributed by atoms with Gasteiger partial charge in [-0.15, -0.1) is 0 Å². The molecule has 4 aromatic rings. The van der Waals surface area contributed by atoms with E-state index in [0.29, 0.717) is 48.6 Å². The van der Waals surface area contributed by atoms with Gasteiger partial charge in [0.2, 0.25) is 0 Å². The third-order valence-corrected chi connectivity index (χ3v) is 14.3. The molecule has 0 bridgehead atoms. The molecule has 440 valence electrons. The Morgan fingerprint density at radius 3 is 0.902 bits per heavy atom. The van der Waals surface area contributed by atoms with Crippen LogP contribution in [-0.2, 0) is 38.4 Å². The highest BCUT2D eigenvalue weighted by atomic mass is 35.5. The molecule has 0 spiro atoms. The van der Waals surface area contributed by atoms with Gasteiger partial charge in [0.15, 0.2) is 0 Å². The van der Waals surface area contributed by atoms with E-state index in [1.165, 1.54) is 94.7 Å². The number of hydrogen-bond acceptors (Lipinski definition) is 16. The number of aliphatic carboxylic acids is 8. The molecule has 4 aromatic carbocycles. The van der Waals surface area contributed by atoms with Crippen molar-refractivity contribution in [3.05, 3.63) is 144 Å². The first-order chi connectivity index (χ1) is 38.9. The largest absolute Gasteiger partial charge is 0.478 e. The fourth-order valence-corrected chi connectivity index (χ4v) is 10.2. The Hall–Kier alpha value is -7.68. The number of piperazine rings is 2. The van der Waals surface area contributed by atoms with Crippen LogP contribution in [0.2, 0.25) is 10.0 Å². The fraction of sp³-hybridized carbons (Fsp3) is 0.286. The summed E-state index contributed by atoms with van der Waals surface area (Å²) < 4.78 is 0. The molecule has 0 aliphatic carbocycles. The number of anilines is 4. The van der Waals surface area contributed by atoms with Crippen molar-refractivity contribution in [3.63, 3.8) is 0 Å². The number of hydrogen-bond donors (Lipinski definition) is 8. The average Bonchev–Trinajstić information content (AvgIpc) is 3.51. The maximum Gasteiger partial charge on any atom is 0.328 e. The highest BCUT2D eigenvalue weighted by Crippen LogP contribution is 2.50. The fourth-order valence-electron chi connectivity index (χ4n) is 7.70. The lowest BCUT2D eigenvalue weighted by atomic mass is 10.2. The third kappa shape index (κ3) is 27.2. The predicted octanol–water partition coefficient (Wildman–Crippen LogP) is 8.01. The van der Waals surface area contributed by atoms with Crippen LogP contribution in [0, 0.1) is 0 Å². The summed E-state index contributed by atoms with van der Waals surface area (Å²) in [5.41, 5.74) is 5.10. The van der Waals surface area contributed by atoms with Gasteiger partial charge < -0.3 is 70.3 Å². The first-order valence-corrected chi connectivity index (χ1v) is 27.4. The summed E-state index contributed by atoms with van der Waals surface area (Å²) in [5, 5.41) is 64.1. The third-order valence-electron chi connectivity index (χ3n) is 11.6. The molecule has 0 atom stereocenters. The topological polar surface area (TPSA) is 318 Å². The SMILES string of the molecule is CN1CCN(CCCN2c3ccccc3Sc3ccc(Cl)cc32)CC1.CN1CCN(CCCN2c3ccccc3Sc3ccc(Cl)cc32)CC1.O=C(O)/C=C\C(=O)O.O=C(O)/C=C\C(=O)O.O=C(O)/C=C\C(=O)O.O=C(O)/C=C\C(=O)O. The van der Waals surface area contributed by atoms with Crippen LogP contribution in [0.5, 0.6) is 0 Å². The molecular formula is C56H64Cl2N6O16S2. The van der Waals surface area contributed by atoms with E-state index >= 15 is 0 Å². The molecule has 0 amide bonds. The molecule has 4 aliphatic heterocycles. The molecule has 0 unspecified atom stereocenters. The highest BCUT2D eigenvalue weighted by molar-refractivity contribution is 8.00. The van der Waals surface area contributed by atoms with Crippen molar-refractivity contribution in [2.75, 3.05) is 102 Å². The molecule has 0 radical (unpaired) electrons. The van der Waals surface area contributed by atoms with Crippen molar-refractivity contribution in [2.45, 2.75) is 32.4 Å². The van der Waals surface area contributed by atoms with Crippen LogP contribution < -0.4 is 9.80 Å². The van der Waals surface area contributed by atoms with E-state index in [4.69, 9.17) is 64.1 Å². The van der Waals surface area contributed by atoms with Crippen molar-refractivity contribution in [3.8, 4) is 0 Å². The summed E-state index contributed by atoms with van der Waals surface area (Å²) in [6.07, 6.45) is 6.79. The molecule has 22 nitrogen and oxygen atoms in total. The van der Waals surface area contributed by atoms with Gasteiger partial charge in [-0.05, 0) is 101 Å². The summed E-state index contributed by atoms with van der Waals surface area (Å²) in [7, 11) is 4.42. The van der Waals surface area contributed by atoms with E-state index in [9.17, 15) is 38.4 Å². The van der Waals surface area contributed by atoms with Gasteiger partial charge in [-0.2, -0.15) is 0 Å². The number of carboxylic acid groups (broad SMARTS) is 8. The Morgan fingerprint density at radius 1 is 0.378 bits per heavy atom. The van der Waals surface area contributed by atoms with E-state index < -0.39 is 47.8 Å². The first kappa shape index (κ1) is 68.6. The van der Waals surface area contributed by atoms with Crippen LogP contribution in [0.3, 0.4) is 0 Å². The second kappa shape index (κ2) is 36.6. The number of carboxylic acids is 8. The number of nitrogens with zero attached hydrogens (tertiary/aromatic N) is 6. The van der Waals surface area contributed by atoms with Crippen LogP contribution in [0.25, 0.3) is 0 Å². The van der Waals surface area contributed by atoms with Crippen LogP contribution >= 0.6 is 46.7 Å². The average molecular weight is 1210 g/mol. The molecule has 8 N–H and O–H groups in total. The van der Waals surface area contributed by atoms with E-state index in [1.54, 1.807) is 0 Å². The summed E-state index contributed by atoms with van der Waals surface area (Å²) in [6, 6.07) is 29.9. The minimum atomic E-state index is -1.26. The van der Waals surface area contributed by atoms with Gasteiger partial charge in [0.25, 0.3) is 0 Å². The van der Waals surface area contributed by atoms with E-state index in [-0.39, 0.29) is 0 Å². The molecule has 2 saturated heterocycles. The van der Waals surface area contributed by atoms with Gasteiger partial charge in [-0.1, -0.05) is 71.0 Å². The second-order valence-corrected chi connectivity index (χ2v) is 20.7. The van der Waals surface area contributed by atoms with Crippen LogP contribution in [-0.4, -0.2) is 201 Å². The zero-order valence-corrected chi connectivity index (χ0v) is 47.8. The maximum absolute atomic E-state index is 9.55. The predicted molar refractivity (Wildman–Crippen MR) is 313 cm³/mol. The number of fused-ring (bicyclic) bond motifs is 4. The number of benzene rings is 4. The molecule has 82 heavy (non-hydrogen) atoms. The maximum atomic E-state index is 9.55. The quantitative estimate of drug-likeness (QED) is 0.0492. The molecule has 4 heterocycles. The normalized spacial score (nSPS) is 14.7. The van der Waals surface area contributed by atoms with Gasteiger partial charge in [0, 0.05) is 144 Å². The standard InChI is InChI=1S/2C20H24ClN3S.4C4H4O4/c2*1-22-11-13-23(14-12-22)9-4-10-24-17-5-2-3-6-19(17)25-20-8-7-16(21)15-18(20)24;4*5-3(6)1-2-4(7)8/h2*2-3,5-8,15H,4,9-14H2,1H3;4*1-2H,(H,5,6)(H,7,8)/b;;4*2-1-. The Morgan fingerprint density at radius 2 is 0.634 bits per heavy atom. The van der Waals surface area contributed by atoms with Crippen molar-refractivity contribution in [1.29, 1.82) is 0 Å². The Balaban J connectivity index is 0.000000286. The van der Waals surface area contributed by atoms with Gasteiger partial charge >= 0.3 is 47.8 Å². The molecule has 2 fully saturated rings. The van der Waals surface area contributed by atoms with Gasteiger partial charge in [0.05, 0.1) is 22.7 Å². The summed E-state index contributed by atoms with van der Waals surface area (Å²) in [4.78, 5) is 96.6. The van der Waals surface area contributed by atoms with Gasteiger partial charge in [0.1, 0.15) is 0 Å². The summed E-state index contributed by atoms with van der Waals surface area (Å²) in [5.74, 6) is -10.1. The zero-order valence-electron chi connectivity index (χ0n) is 44.7. The number of likely N-dealkylation sites (N-methyl/N-ethyl adjacent to an activating group) is 2. The summed E-state index contributed by atoms with van der Waals surface area (Å²) >= 11 is 16.3. The zero-order chi connectivity index (χ0) is 60.7. The van der Waals surface area contributed by atoms with Crippen molar-refractivity contribution in [1.82, 2.24) is 19.6 Å². The molecule has 26 heteroatoms. The minimum absolute atomic E-state index is 0.558. The number of halogens is 2. The van der Waals surface area contributed by atoms with Gasteiger partial charge in [-0.25, -0.2) is 38.4 Å². The highest BCUT2D eigenvalue weighted by Gasteiger charge is 2.25.